The van der Waals surface area contributed by atoms with E-state index in [9.17, 15) is 26.4 Å². The van der Waals surface area contributed by atoms with Gasteiger partial charge in [0.05, 0.1) is 10.6 Å². The predicted octanol–water partition coefficient (Wildman–Crippen LogP) is 3.43. The minimum atomic E-state index is -4.51. The van der Waals surface area contributed by atoms with E-state index in [2.05, 4.69) is 0 Å². The SMILES string of the molecule is Cc1ccc2c(c1)CCCN2S(=O)(=O)c1ccc(C(=O)NCC(F)(F)F)cc1. The predicted molar refractivity (Wildman–Crippen MR) is 98.9 cm³/mol. The zero-order valence-corrected chi connectivity index (χ0v) is 15.9. The van der Waals surface area contributed by atoms with E-state index in [1.165, 1.54) is 28.6 Å². The fourth-order valence-corrected chi connectivity index (χ4v) is 4.67. The van der Waals surface area contributed by atoms with Gasteiger partial charge in [-0.15, -0.1) is 0 Å². The maximum atomic E-state index is 13.0. The summed E-state index contributed by atoms with van der Waals surface area (Å²) in [4.78, 5) is 11.8. The van der Waals surface area contributed by atoms with E-state index in [0.29, 0.717) is 18.7 Å². The molecule has 0 aromatic heterocycles. The molecule has 0 unspecified atom stereocenters. The summed E-state index contributed by atoms with van der Waals surface area (Å²) in [5.74, 6) is -0.917. The van der Waals surface area contributed by atoms with Crippen LogP contribution in [0.5, 0.6) is 0 Å². The number of fused-ring (bicyclic) bond motifs is 1. The Bertz CT molecular complexity index is 986. The molecule has 3 rings (SSSR count). The second-order valence-corrected chi connectivity index (χ2v) is 8.50. The molecule has 9 heteroatoms. The Hall–Kier alpha value is -2.55. The summed E-state index contributed by atoms with van der Waals surface area (Å²) in [5, 5.41) is 1.75. The van der Waals surface area contributed by atoms with Crippen molar-refractivity contribution in [1.29, 1.82) is 0 Å². The molecule has 0 radical (unpaired) electrons. The first-order valence-electron chi connectivity index (χ1n) is 8.65. The van der Waals surface area contributed by atoms with Crippen LogP contribution in [-0.2, 0) is 16.4 Å². The molecule has 1 N–H and O–H groups in total. The number of benzene rings is 2. The summed E-state index contributed by atoms with van der Waals surface area (Å²) in [6.45, 7) is 0.832. The van der Waals surface area contributed by atoms with Crippen molar-refractivity contribution in [2.75, 3.05) is 17.4 Å². The van der Waals surface area contributed by atoms with Crippen molar-refractivity contribution < 1.29 is 26.4 Å². The number of halogens is 3. The molecule has 0 fully saturated rings. The van der Waals surface area contributed by atoms with Gasteiger partial charge in [0.15, 0.2) is 0 Å². The van der Waals surface area contributed by atoms with E-state index in [-0.39, 0.29) is 10.5 Å². The normalized spacial score (nSPS) is 14.5. The van der Waals surface area contributed by atoms with Crippen molar-refractivity contribution in [3.05, 3.63) is 59.2 Å². The van der Waals surface area contributed by atoms with Crippen LogP contribution in [0.1, 0.15) is 27.9 Å². The van der Waals surface area contributed by atoms with Crippen molar-refractivity contribution in [2.24, 2.45) is 0 Å². The van der Waals surface area contributed by atoms with E-state index >= 15 is 0 Å². The highest BCUT2D eigenvalue weighted by atomic mass is 32.2. The molecule has 1 aliphatic rings. The number of carbonyl (C=O) groups excluding carboxylic acids is 1. The number of carbonyl (C=O) groups is 1. The molecule has 0 spiro atoms. The first-order valence-corrected chi connectivity index (χ1v) is 10.1. The maximum absolute atomic E-state index is 13.0. The number of nitrogens with one attached hydrogen (secondary N) is 1. The third-order valence-corrected chi connectivity index (χ3v) is 6.29. The number of rotatable bonds is 4. The van der Waals surface area contributed by atoms with Gasteiger partial charge >= 0.3 is 6.18 Å². The van der Waals surface area contributed by atoms with E-state index < -0.39 is 28.7 Å². The van der Waals surface area contributed by atoms with Gasteiger partial charge in [-0.1, -0.05) is 17.7 Å². The van der Waals surface area contributed by atoms with Crippen LogP contribution in [0.25, 0.3) is 0 Å². The average Bonchev–Trinajstić information content (AvgIpc) is 2.64. The van der Waals surface area contributed by atoms with Crippen molar-refractivity contribution in [3.8, 4) is 0 Å². The molecule has 2 aromatic carbocycles. The Labute approximate surface area is 161 Å². The fourth-order valence-electron chi connectivity index (χ4n) is 3.13. The third-order valence-electron chi connectivity index (χ3n) is 4.46. The number of sulfonamides is 1. The van der Waals surface area contributed by atoms with Crippen LogP contribution in [0.2, 0.25) is 0 Å². The van der Waals surface area contributed by atoms with Gasteiger partial charge in [-0.05, 0) is 55.7 Å². The maximum Gasteiger partial charge on any atom is 0.405 e. The quantitative estimate of drug-likeness (QED) is 0.837. The topological polar surface area (TPSA) is 66.5 Å². The van der Waals surface area contributed by atoms with Gasteiger partial charge in [-0.25, -0.2) is 8.42 Å². The molecule has 5 nitrogen and oxygen atoms in total. The summed E-state index contributed by atoms with van der Waals surface area (Å²) in [5.41, 5.74) is 2.59. The number of anilines is 1. The number of nitrogens with zero attached hydrogens (tertiary/aromatic N) is 1. The first kappa shape index (κ1) is 20.2. The number of amides is 1. The Kier molecular flexibility index (Phi) is 5.38. The molecular weight excluding hydrogens is 393 g/mol. The molecule has 1 heterocycles. The number of aryl methyl sites for hydroxylation is 2. The smallest absolute Gasteiger partial charge is 0.343 e. The first-order chi connectivity index (χ1) is 13.1. The summed E-state index contributed by atoms with van der Waals surface area (Å²) < 4.78 is 64.1. The van der Waals surface area contributed by atoms with Crippen LogP contribution < -0.4 is 9.62 Å². The lowest BCUT2D eigenvalue weighted by Gasteiger charge is -2.30. The lowest BCUT2D eigenvalue weighted by molar-refractivity contribution is -0.123. The molecule has 28 heavy (non-hydrogen) atoms. The monoisotopic (exact) mass is 412 g/mol. The summed E-state index contributed by atoms with van der Waals surface area (Å²) >= 11 is 0. The average molecular weight is 412 g/mol. The van der Waals surface area contributed by atoms with Gasteiger partial charge in [0.1, 0.15) is 6.54 Å². The molecule has 1 aliphatic heterocycles. The largest absolute Gasteiger partial charge is 0.405 e. The van der Waals surface area contributed by atoms with E-state index in [1.807, 2.05) is 19.1 Å². The number of alkyl halides is 3. The number of hydrogen-bond donors (Lipinski definition) is 1. The summed E-state index contributed by atoms with van der Waals surface area (Å²) in [7, 11) is -3.84. The van der Waals surface area contributed by atoms with Crippen molar-refractivity contribution in [1.82, 2.24) is 5.32 Å². The second kappa shape index (κ2) is 7.46. The van der Waals surface area contributed by atoms with Crippen LogP contribution in [0.15, 0.2) is 47.4 Å². The van der Waals surface area contributed by atoms with Gasteiger partial charge in [0, 0.05) is 12.1 Å². The van der Waals surface area contributed by atoms with E-state index in [4.69, 9.17) is 0 Å². The highest BCUT2D eigenvalue weighted by Gasteiger charge is 2.30. The summed E-state index contributed by atoms with van der Waals surface area (Å²) in [6, 6.07) is 10.5. The molecular formula is C19H19F3N2O3S. The molecule has 2 aromatic rings. The Morgan fingerprint density at radius 3 is 2.46 bits per heavy atom. The minimum Gasteiger partial charge on any atom is -0.343 e. The zero-order valence-electron chi connectivity index (χ0n) is 15.1. The van der Waals surface area contributed by atoms with Crippen molar-refractivity contribution >= 4 is 21.6 Å². The van der Waals surface area contributed by atoms with Gasteiger partial charge < -0.3 is 5.32 Å². The van der Waals surface area contributed by atoms with Crippen LogP contribution in [0.4, 0.5) is 18.9 Å². The van der Waals surface area contributed by atoms with Gasteiger partial charge in [-0.2, -0.15) is 13.2 Å². The zero-order chi connectivity index (χ0) is 20.5. The van der Waals surface area contributed by atoms with Gasteiger partial charge in [-0.3, -0.25) is 9.10 Å². The van der Waals surface area contributed by atoms with Crippen LogP contribution >= 0.6 is 0 Å². The highest BCUT2D eigenvalue weighted by molar-refractivity contribution is 7.92. The lowest BCUT2D eigenvalue weighted by atomic mass is 10.0. The molecule has 0 saturated heterocycles. The summed E-state index contributed by atoms with van der Waals surface area (Å²) in [6.07, 6.45) is -3.03. The third kappa shape index (κ3) is 4.30. The van der Waals surface area contributed by atoms with E-state index in [0.717, 1.165) is 17.5 Å². The number of hydrogen-bond acceptors (Lipinski definition) is 3. The molecule has 0 saturated carbocycles. The van der Waals surface area contributed by atoms with E-state index in [1.54, 1.807) is 11.4 Å². The fraction of sp³-hybridized carbons (Fsp3) is 0.316. The Morgan fingerprint density at radius 1 is 1.14 bits per heavy atom. The van der Waals surface area contributed by atoms with Crippen molar-refractivity contribution in [2.45, 2.75) is 30.8 Å². The van der Waals surface area contributed by atoms with Crippen LogP contribution in [0.3, 0.4) is 0 Å². The molecule has 0 aliphatic carbocycles. The van der Waals surface area contributed by atoms with Crippen molar-refractivity contribution in [3.63, 3.8) is 0 Å². The second-order valence-electron chi connectivity index (χ2n) is 6.64. The Balaban J connectivity index is 1.83. The molecule has 0 atom stereocenters. The van der Waals surface area contributed by atoms with Crippen LogP contribution in [-0.4, -0.2) is 33.6 Å². The standard InChI is InChI=1S/C19H19F3N2O3S/c1-13-4-9-17-15(11-13)3-2-10-24(17)28(26,27)16-7-5-14(6-8-16)18(25)23-12-19(20,21)22/h4-9,11H,2-3,10,12H2,1H3,(H,23,25). The Morgan fingerprint density at radius 2 is 1.82 bits per heavy atom. The highest BCUT2D eigenvalue weighted by Crippen LogP contribution is 2.32. The molecule has 0 bridgehead atoms. The lowest BCUT2D eigenvalue weighted by Crippen LogP contribution is -2.35. The molecule has 1 amide bonds. The van der Waals surface area contributed by atoms with Gasteiger partial charge in [0.2, 0.25) is 0 Å². The van der Waals surface area contributed by atoms with Gasteiger partial charge in [0.25, 0.3) is 15.9 Å². The molecule has 150 valence electrons. The minimum absolute atomic E-state index is 0.0201. The van der Waals surface area contributed by atoms with Crippen LogP contribution in [0, 0.1) is 6.92 Å².